The fraction of sp³-hybridized carbons (Fsp3) is 0.250. The molecule has 0 amide bonds. The van der Waals surface area contributed by atoms with Crippen LogP contribution in [0.15, 0.2) is 30.5 Å². The Hall–Kier alpha value is -1.88. The van der Waals surface area contributed by atoms with E-state index in [-0.39, 0.29) is 5.82 Å². The molecule has 2 rings (SSSR count). The minimum Gasteiger partial charge on any atom is -0.383 e. The number of hydrogen-bond acceptors (Lipinski definition) is 3. The van der Waals surface area contributed by atoms with Crippen LogP contribution in [0.25, 0.3) is 5.69 Å². The Labute approximate surface area is 99.0 Å². The summed E-state index contributed by atoms with van der Waals surface area (Å²) in [7, 11) is 0. The summed E-state index contributed by atoms with van der Waals surface area (Å²) < 4.78 is 14.6. The Kier molecular flexibility index (Phi) is 3.39. The molecular formula is C12H15FN4. The molecular weight excluding hydrogens is 219 g/mol. The summed E-state index contributed by atoms with van der Waals surface area (Å²) in [4.78, 5) is 0. The van der Waals surface area contributed by atoms with E-state index in [4.69, 9.17) is 11.5 Å². The summed E-state index contributed by atoms with van der Waals surface area (Å²) >= 11 is 0. The van der Waals surface area contributed by atoms with Crippen molar-refractivity contribution in [2.24, 2.45) is 5.73 Å². The highest BCUT2D eigenvalue weighted by atomic mass is 19.1. The average Bonchev–Trinajstić information content (AvgIpc) is 2.68. The summed E-state index contributed by atoms with van der Waals surface area (Å²) in [5.41, 5.74) is 13.0. The molecule has 0 aliphatic carbocycles. The molecule has 0 saturated carbocycles. The van der Waals surface area contributed by atoms with Crippen molar-refractivity contribution in [1.82, 2.24) is 9.78 Å². The number of benzene rings is 1. The van der Waals surface area contributed by atoms with Crippen LogP contribution < -0.4 is 11.5 Å². The fourth-order valence-electron chi connectivity index (χ4n) is 1.69. The number of aromatic nitrogens is 2. The predicted octanol–water partition coefficient (Wildman–Crippen LogP) is 1.48. The van der Waals surface area contributed by atoms with Crippen molar-refractivity contribution in [2.75, 3.05) is 12.3 Å². The molecule has 1 aromatic carbocycles. The van der Waals surface area contributed by atoms with Gasteiger partial charge in [0.05, 0.1) is 11.9 Å². The van der Waals surface area contributed by atoms with E-state index in [0.29, 0.717) is 18.1 Å². The SMILES string of the molecule is NCCCc1cnn(-c2cccc(F)c2)c1N. The third kappa shape index (κ3) is 2.45. The molecule has 2 aromatic rings. The van der Waals surface area contributed by atoms with Crippen LogP contribution in [0.5, 0.6) is 0 Å². The van der Waals surface area contributed by atoms with Crippen molar-refractivity contribution in [2.45, 2.75) is 12.8 Å². The number of halogens is 1. The van der Waals surface area contributed by atoms with Gasteiger partial charge in [0.2, 0.25) is 0 Å². The van der Waals surface area contributed by atoms with E-state index >= 15 is 0 Å². The number of aryl methyl sites for hydroxylation is 1. The smallest absolute Gasteiger partial charge is 0.130 e. The zero-order valence-electron chi connectivity index (χ0n) is 9.44. The number of nitrogens with zero attached hydrogens (tertiary/aromatic N) is 2. The number of nitrogens with two attached hydrogens (primary N) is 2. The third-order valence-corrected chi connectivity index (χ3v) is 2.59. The van der Waals surface area contributed by atoms with Gasteiger partial charge >= 0.3 is 0 Å². The molecule has 4 N–H and O–H groups in total. The summed E-state index contributed by atoms with van der Waals surface area (Å²) in [6.45, 7) is 0.616. The van der Waals surface area contributed by atoms with Crippen molar-refractivity contribution in [3.8, 4) is 5.69 Å². The molecule has 90 valence electrons. The van der Waals surface area contributed by atoms with Crippen LogP contribution in [-0.4, -0.2) is 16.3 Å². The van der Waals surface area contributed by atoms with Crippen LogP contribution >= 0.6 is 0 Å². The van der Waals surface area contributed by atoms with Gasteiger partial charge in [-0.1, -0.05) is 6.07 Å². The monoisotopic (exact) mass is 234 g/mol. The van der Waals surface area contributed by atoms with Crippen molar-refractivity contribution < 1.29 is 4.39 Å². The molecule has 0 aliphatic heterocycles. The highest BCUT2D eigenvalue weighted by molar-refractivity contribution is 5.47. The molecule has 0 spiro atoms. The van der Waals surface area contributed by atoms with Crippen molar-refractivity contribution in [3.05, 3.63) is 41.8 Å². The lowest BCUT2D eigenvalue weighted by molar-refractivity contribution is 0.625. The standard InChI is InChI=1S/C12H15FN4/c13-10-4-1-5-11(7-10)17-12(15)9(8-16-17)3-2-6-14/h1,4-5,7-8H,2-3,6,14-15H2. The Morgan fingerprint density at radius 1 is 1.35 bits per heavy atom. The van der Waals surface area contributed by atoms with E-state index in [9.17, 15) is 4.39 Å². The van der Waals surface area contributed by atoms with Crippen molar-refractivity contribution in [1.29, 1.82) is 0 Å². The maximum atomic E-state index is 13.1. The van der Waals surface area contributed by atoms with Gasteiger partial charge in [-0.3, -0.25) is 0 Å². The first kappa shape index (κ1) is 11.6. The molecule has 1 aromatic heterocycles. The first-order valence-corrected chi connectivity index (χ1v) is 5.50. The molecule has 5 heteroatoms. The van der Waals surface area contributed by atoms with Crippen LogP contribution in [0.1, 0.15) is 12.0 Å². The Balaban J connectivity index is 2.30. The fourth-order valence-corrected chi connectivity index (χ4v) is 1.69. The Bertz CT molecular complexity index is 507. The van der Waals surface area contributed by atoms with Gasteiger partial charge < -0.3 is 11.5 Å². The average molecular weight is 234 g/mol. The van der Waals surface area contributed by atoms with E-state index in [1.807, 2.05) is 0 Å². The van der Waals surface area contributed by atoms with Crippen LogP contribution in [0.2, 0.25) is 0 Å². The lowest BCUT2D eigenvalue weighted by Gasteiger charge is -2.05. The summed E-state index contributed by atoms with van der Waals surface area (Å²) in [6, 6.07) is 6.18. The van der Waals surface area contributed by atoms with E-state index in [0.717, 1.165) is 18.4 Å². The number of nitrogen functional groups attached to an aromatic ring is 1. The highest BCUT2D eigenvalue weighted by Crippen LogP contribution is 2.18. The maximum absolute atomic E-state index is 13.1. The number of rotatable bonds is 4. The quantitative estimate of drug-likeness (QED) is 0.842. The predicted molar refractivity (Wildman–Crippen MR) is 65.3 cm³/mol. The van der Waals surface area contributed by atoms with Gasteiger partial charge in [0.25, 0.3) is 0 Å². The topological polar surface area (TPSA) is 69.9 Å². The molecule has 4 nitrogen and oxygen atoms in total. The third-order valence-electron chi connectivity index (χ3n) is 2.59. The van der Waals surface area contributed by atoms with E-state index in [2.05, 4.69) is 5.10 Å². The first-order chi connectivity index (χ1) is 8.22. The van der Waals surface area contributed by atoms with E-state index in [1.165, 1.54) is 16.8 Å². The van der Waals surface area contributed by atoms with Gasteiger partial charge in [-0.15, -0.1) is 0 Å². The molecule has 0 aliphatic rings. The Morgan fingerprint density at radius 2 is 2.18 bits per heavy atom. The first-order valence-electron chi connectivity index (χ1n) is 5.50. The Morgan fingerprint density at radius 3 is 2.88 bits per heavy atom. The van der Waals surface area contributed by atoms with Gasteiger partial charge in [0, 0.05) is 5.56 Å². The van der Waals surface area contributed by atoms with Gasteiger partial charge in [0.15, 0.2) is 0 Å². The van der Waals surface area contributed by atoms with E-state index in [1.54, 1.807) is 18.3 Å². The molecule has 0 saturated heterocycles. The molecule has 0 bridgehead atoms. The normalized spacial score (nSPS) is 10.7. The molecule has 17 heavy (non-hydrogen) atoms. The summed E-state index contributed by atoms with van der Waals surface area (Å²) in [5.74, 6) is 0.241. The van der Waals surface area contributed by atoms with Crippen molar-refractivity contribution in [3.63, 3.8) is 0 Å². The summed E-state index contributed by atoms with van der Waals surface area (Å²) in [5, 5.41) is 4.16. The second kappa shape index (κ2) is 4.97. The van der Waals surface area contributed by atoms with Crippen LogP contribution in [-0.2, 0) is 6.42 Å². The van der Waals surface area contributed by atoms with Gasteiger partial charge in [-0.2, -0.15) is 5.10 Å². The van der Waals surface area contributed by atoms with Crippen LogP contribution in [0.4, 0.5) is 10.2 Å². The maximum Gasteiger partial charge on any atom is 0.130 e. The molecule has 0 radical (unpaired) electrons. The largest absolute Gasteiger partial charge is 0.383 e. The molecule has 0 fully saturated rings. The zero-order chi connectivity index (χ0) is 12.3. The molecule has 1 heterocycles. The second-order valence-corrected chi connectivity index (χ2v) is 3.84. The minimum absolute atomic E-state index is 0.305. The van der Waals surface area contributed by atoms with Crippen molar-refractivity contribution >= 4 is 5.82 Å². The van der Waals surface area contributed by atoms with Gasteiger partial charge in [0.1, 0.15) is 11.6 Å². The highest BCUT2D eigenvalue weighted by Gasteiger charge is 2.08. The van der Waals surface area contributed by atoms with E-state index < -0.39 is 0 Å². The van der Waals surface area contributed by atoms with Crippen LogP contribution in [0, 0.1) is 5.82 Å². The molecule has 0 atom stereocenters. The second-order valence-electron chi connectivity index (χ2n) is 3.84. The zero-order valence-corrected chi connectivity index (χ0v) is 9.44. The molecule has 0 unspecified atom stereocenters. The van der Waals surface area contributed by atoms with Gasteiger partial charge in [-0.05, 0) is 37.6 Å². The van der Waals surface area contributed by atoms with Gasteiger partial charge in [-0.25, -0.2) is 9.07 Å². The minimum atomic E-state index is -0.305. The number of anilines is 1. The lowest BCUT2D eigenvalue weighted by Crippen LogP contribution is -2.05. The lowest BCUT2D eigenvalue weighted by atomic mass is 10.2. The number of hydrogen-bond donors (Lipinski definition) is 2. The summed E-state index contributed by atoms with van der Waals surface area (Å²) in [6.07, 6.45) is 3.35. The van der Waals surface area contributed by atoms with Crippen LogP contribution in [0.3, 0.4) is 0 Å².